The van der Waals surface area contributed by atoms with Crippen LogP contribution >= 0.6 is 11.6 Å². The first-order valence-electron chi connectivity index (χ1n) is 11.2. The SMILES string of the molecule is C[C@@H]1CCCN(c2ccc(NC(=O)[C@H](CC3CC3)Oc3ccc(Cl)cc3)c(C(=O)O)c2)C1. The maximum absolute atomic E-state index is 13.1. The predicted octanol–water partition coefficient (Wildman–Crippen LogP) is 5.46. The number of carbonyl (C=O) groups is 2. The van der Waals surface area contributed by atoms with Crippen molar-refractivity contribution in [3.05, 3.63) is 53.1 Å². The Kier molecular flexibility index (Phi) is 6.89. The molecule has 32 heavy (non-hydrogen) atoms. The Morgan fingerprint density at radius 3 is 2.59 bits per heavy atom. The van der Waals surface area contributed by atoms with Gasteiger partial charge in [-0.05, 0) is 73.6 Å². The second-order valence-corrected chi connectivity index (χ2v) is 9.39. The minimum absolute atomic E-state index is 0.0886. The van der Waals surface area contributed by atoms with Crippen molar-refractivity contribution in [1.29, 1.82) is 0 Å². The van der Waals surface area contributed by atoms with Crippen molar-refractivity contribution in [3.63, 3.8) is 0 Å². The lowest BCUT2D eigenvalue weighted by Gasteiger charge is -2.33. The Hall–Kier alpha value is -2.73. The molecule has 0 radical (unpaired) electrons. The molecule has 1 heterocycles. The lowest BCUT2D eigenvalue weighted by atomic mass is 9.99. The van der Waals surface area contributed by atoms with Crippen LogP contribution in [0.25, 0.3) is 0 Å². The van der Waals surface area contributed by atoms with E-state index in [4.69, 9.17) is 16.3 Å². The van der Waals surface area contributed by atoms with Crippen molar-refractivity contribution in [3.8, 4) is 5.75 Å². The Morgan fingerprint density at radius 2 is 1.94 bits per heavy atom. The third-order valence-corrected chi connectivity index (χ3v) is 6.39. The lowest BCUT2D eigenvalue weighted by molar-refractivity contribution is -0.123. The van der Waals surface area contributed by atoms with Gasteiger partial charge in [-0.15, -0.1) is 0 Å². The van der Waals surface area contributed by atoms with Crippen molar-refractivity contribution < 1.29 is 19.4 Å². The Labute approximate surface area is 193 Å². The van der Waals surface area contributed by atoms with Crippen molar-refractivity contribution >= 4 is 34.9 Å². The summed E-state index contributed by atoms with van der Waals surface area (Å²) in [4.78, 5) is 27.3. The summed E-state index contributed by atoms with van der Waals surface area (Å²) in [6, 6.07) is 12.1. The number of hydrogen-bond acceptors (Lipinski definition) is 4. The van der Waals surface area contributed by atoms with Gasteiger partial charge in [0, 0.05) is 23.8 Å². The van der Waals surface area contributed by atoms with Gasteiger partial charge in [0.25, 0.3) is 5.91 Å². The van der Waals surface area contributed by atoms with Gasteiger partial charge in [0.1, 0.15) is 5.75 Å². The number of aromatic carboxylic acids is 1. The van der Waals surface area contributed by atoms with Gasteiger partial charge in [-0.25, -0.2) is 4.79 Å². The van der Waals surface area contributed by atoms with Crippen LogP contribution < -0.4 is 15.0 Å². The molecule has 0 aromatic heterocycles. The van der Waals surface area contributed by atoms with E-state index in [0.29, 0.717) is 29.0 Å². The van der Waals surface area contributed by atoms with E-state index in [1.165, 1.54) is 6.42 Å². The zero-order chi connectivity index (χ0) is 22.7. The van der Waals surface area contributed by atoms with Crippen molar-refractivity contribution in [2.24, 2.45) is 11.8 Å². The van der Waals surface area contributed by atoms with E-state index >= 15 is 0 Å². The highest BCUT2D eigenvalue weighted by atomic mass is 35.5. The lowest BCUT2D eigenvalue weighted by Crippen LogP contribution is -2.35. The summed E-state index contributed by atoms with van der Waals surface area (Å²) in [5.74, 6) is 0.187. The van der Waals surface area contributed by atoms with E-state index in [0.717, 1.165) is 38.0 Å². The number of amides is 1. The van der Waals surface area contributed by atoms with Crippen LogP contribution in [0.15, 0.2) is 42.5 Å². The molecule has 0 bridgehead atoms. The molecule has 0 unspecified atom stereocenters. The van der Waals surface area contributed by atoms with Gasteiger partial charge in [0.15, 0.2) is 6.10 Å². The summed E-state index contributed by atoms with van der Waals surface area (Å²) in [6.45, 7) is 4.02. The standard InChI is InChI=1S/C25H29ClN2O4/c1-16-3-2-12-28(15-16)19-8-11-22(21(14-19)25(30)31)27-24(29)23(13-17-4-5-17)32-20-9-6-18(26)7-10-20/h6-11,14,16-17,23H,2-5,12-13,15H2,1H3,(H,27,29)(H,30,31)/t16-,23+/m1/s1. The molecule has 4 rings (SSSR count). The number of carboxylic acid groups (broad SMARTS) is 1. The fraction of sp³-hybridized carbons (Fsp3) is 0.440. The van der Waals surface area contributed by atoms with Crippen molar-refractivity contribution in [1.82, 2.24) is 0 Å². The third kappa shape index (κ3) is 5.74. The largest absolute Gasteiger partial charge is 0.481 e. The van der Waals surface area contributed by atoms with Gasteiger partial charge < -0.3 is 20.1 Å². The molecule has 7 heteroatoms. The van der Waals surface area contributed by atoms with E-state index in [1.807, 2.05) is 6.07 Å². The molecule has 2 N–H and O–H groups in total. The minimum Gasteiger partial charge on any atom is -0.481 e. The predicted molar refractivity (Wildman–Crippen MR) is 126 cm³/mol. The number of nitrogens with zero attached hydrogens (tertiary/aromatic N) is 1. The van der Waals surface area contributed by atoms with E-state index in [2.05, 4.69) is 17.1 Å². The van der Waals surface area contributed by atoms with Crippen LogP contribution in [-0.4, -0.2) is 36.2 Å². The van der Waals surface area contributed by atoms with Gasteiger partial charge >= 0.3 is 5.97 Å². The number of carbonyl (C=O) groups excluding carboxylic acids is 1. The third-order valence-electron chi connectivity index (χ3n) is 6.14. The average Bonchev–Trinajstić information content (AvgIpc) is 3.59. The smallest absolute Gasteiger partial charge is 0.337 e. The Bertz CT molecular complexity index is 974. The quantitative estimate of drug-likeness (QED) is 0.551. The van der Waals surface area contributed by atoms with Crippen molar-refractivity contribution in [2.75, 3.05) is 23.3 Å². The topological polar surface area (TPSA) is 78.9 Å². The first kappa shape index (κ1) is 22.5. The first-order chi connectivity index (χ1) is 15.4. The molecule has 2 aliphatic rings. The number of ether oxygens (including phenoxy) is 1. The molecule has 2 aromatic carbocycles. The van der Waals surface area contributed by atoms with Crippen LogP contribution in [0, 0.1) is 11.8 Å². The molecule has 1 amide bonds. The van der Waals surface area contributed by atoms with Gasteiger partial charge in [-0.1, -0.05) is 31.4 Å². The molecule has 1 aliphatic carbocycles. The second kappa shape index (κ2) is 9.82. The molecular formula is C25H29ClN2O4. The second-order valence-electron chi connectivity index (χ2n) is 8.96. The fourth-order valence-electron chi connectivity index (χ4n) is 4.19. The number of nitrogens with one attached hydrogen (secondary N) is 1. The van der Waals surface area contributed by atoms with Crippen LogP contribution in [0.5, 0.6) is 5.75 Å². The summed E-state index contributed by atoms with van der Waals surface area (Å²) in [6.07, 6.45) is 4.33. The summed E-state index contributed by atoms with van der Waals surface area (Å²) in [5.41, 5.74) is 1.25. The highest BCUT2D eigenvalue weighted by Crippen LogP contribution is 2.35. The molecule has 1 saturated carbocycles. The van der Waals surface area contributed by atoms with E-state index in [1.54, 1.807) is 36.4 Å². The highest BCUT2D eigenvalue weighted by molar-refractivity contribution is 6.30. The maximum Gasteiger partial charge on any atom is 0.337 e. The molecular weight excluding hydrogens is 428 g/mol. The molecule has 1 aliphatic heterocycles. The van der Waals surface area contributed by atoms with Gasteiger partial charge in [-0.3, -0.25) is 4.79 Å². The number of anilines is 2. The molecule has 2 fully saturated rings. The molecule has 2 aromatic rings. The van der Waals surface area contributed by atoms with Crippen LogP contribution in [0.3, 0.4) is 0 Å². The van der Waals surface area contributed by atoms with Gasteiger partial charge in [-0.2, -0.15) is 0 Å². The molecule has 2 atom stereocenters. The number of carboxylic acids is 1. The zero-order valence-corrected chi connectivity index (χ0v) is 19.0. The summed E-state index contributed by atoms with van der Waals surface area (Å²) >= 11 is 5.94. The molecule has 170 valence electrons. The zero-order valence-electron chi connectivity index (χ0n) is 18.2. The summed E-state index contributed by atoms with van der Waals surface area (Å²) in [5, 5.41) is 13.2. The Balaban J connectivity index is 1.51. The average molecular weight is 457 g/mol. The van der Waals surface area contributed by atoms with E-state index < -0.39 is 12.1 Å². The summed E-state index contributed by atoms with van der Waals surface area (Å²) < 4.78 is 5.96. The monoisotopic (exact) mass is 456 g/mol. The number of piperidine rings is 1. The number of rotatable bonds is 8. The van der Waals surface area contributed by atoms with Gasteiger partial charge in [0.05, 0.1) is 11.3 Å². The van der Waals surface area contributed by atoms with E-state index in [-0.39, 0.29) is 17.2 Å². The minimum atomic E-state index is -1.07. The maximum atomic E-state index is 13.1. The van der Waals surface area contributed by atoms with Crippen LogP contribution in [-0.2, 0) is 4.79 Å². The number of benzene rings is 2. The fourth-order valence-corrected chi connectivity index (χ4v) is 4.32. The van der Waals surface area contributed by atoms with Crippen LogP contribution in [0.2, 0.25) is 5.02 Å². The number of hydrogen-bond donors (Lipinski definition) is 2. The highest BCUT2D eigenvalue weighted by Gasteiger charge is 2.31. The molecule has 6 nitrogen and oxygen atoms in total. The molecule has 0 spiro atoms. The molecule has 1 saturated heterocycles. The first-order valence-corrected chi connectivity index (χ1v) is 11.6. The number of halogens is 1. The van der Waals surface area contributed by atoms with Crippen LogP contribution in [0.1, 0.15) is 49.4 Å². The van der Waals surface area contributed by atoms with Crippen molar-refractivity contribution in [2.45, 2.75) is 45.1 Å². The Morgan fingerprint density at radius 1 is 1.19 bits per heavy atom. The summed E-state index contributed by atoms with van der Waals surface area (Å²) in [7, 11) is 0. The normalized spacial score (nSPS) is 19.3. The van der Waals surface area contributed by atoms with E-state index in [9.17, 15) is 14.7 Å². The van der Waals surface area contributed by atoms with Gasteiger partial charge in [0.2, 0.25) is 0 Å². The van der Waals surface area contributed by atoms with Crippen LogP contribution in [0.4, 0.5) is 11.4 Å².